The molecule has 5 nitrogen and oxygen atoms in total. The predicted octanol–water partition coefficient (Wildman–Crippen LogP) is 3.68. The van der Waals surface area contributed by atoms with Crippen LogP contribution < -0.4 is 10.3 Å². The van der Waals surface area contributed by atoms with Gasteiger partial charge in [-0.25, -0.2) is 4.68 Å². The van der Waals surface area contributed by atoms with Gasteiger partial charge in [0.25, 0.3) is 5.56 Å². The van der Waals surface area contributed by atoms with E-state index in [4.69, 9.17) is 4.74 Å². The molecule has 1 saturated carbocycles. The van der Waals surface area contributed by atoms with Gasteiger partial charge >= 0.3 is 0 Å². The minimum Gasteiger partial charge on any atom is -0.454 e. The van der Waals surface area contributed by atoms with Crippen LogP contribution in [0.3, 0.4) is 0 Å². The number of rotatable bonds is 3. The van der Waals surface area contributed by atoms with E-state index in [9.17, 15) is 4.79 Å². The van der Waals surface area contributed by atoms with E-state index < -0.39 is 0 Å². The summed E-state index contributed by atoms with van der Waals surface area (Å²) in [5.74, 6) is 1.21. The molecule has 0 amide bonds. The van der Waals surface area contributed by atoms with Crippen molar-refractivity contribution in [1.82, 2.24) is 14.7 Å². The molecule has 138 valence electrons. The third-order valence-electron chi connectivity index (χ3n) is 5.63. The molecule has 0 saturated heterocycles. The number of benzene rings is 1. The molecule has 26 heavy (non-hydrogen) atoms. The van der Waals surface area contributed by atoms with Crippen molar-refractivity contribution < 1.29 is 4.74 Å². The summed E-state index contributed by atoms with van der Waals surface area (Å²) in [6, 6.07) is 7.07. The third-order valence-corrected chi connectivity index (χ3v) is 6.36. The maximum Gasteiger partial charge on any atom is 0.284 e. The van der Waals surface area contributed by atoms with E-state index >= 15 is 0 Å². The van der Waals surface area contributed by atoms with E-state index in [0.717, 1.165) is 37.7 Å². The van der Waals surface area contributed by atoms with Gasteiger partial charge in [0.05, 0.1) is 6.20 Å². The van der Waals surface area contributed by atoms with Gasteiger partial charge in [-0.1, -0.05) is 18.9 Å². The SMILES string of the molecule is Cn1ncc(Oc2ccc3c(c2)CCN(C2CCCC2)CC3)c(Br)c1=O. The second kappa shape index (κ2) is 7.53. The molecule has 0 unspecified atom stereocenters. The van der Waals surface area contributed by atoms with Gasteiger partial charge in [-0.05, 0) is 64.9 Å². The van der Waals surface area contributed by atoms with Gasteiger partial charge in [0.15, 0.2) is 5.75 Å². The highest BCUT2D eigenvalue weighted by atomic mass is 79.9. The Kier molecular flexibility index (Phi) is 5.14. The lowest BCUT2D eigenvalue weighted by Crippen LogP contribution is -2.35. The van der Waals surface area contributed by atoms with E-state index in [-0.39, 0.29) is 5.56 Å². The first-order valence-corrected chi connectivity index (χ1v) is 10.2. The fraction of sp³-hybridized carbons (Fsp3) is 0.500. The van der Waals surface area contributed by atoms with Crippen LogP contribution in [0.25, 0.3) is 0 Å². The first-order valence-electron chi connectivity index (χ1n) is 9.37. The van der Waals surface area contributed by atoms with E-state index in [1.165, 1.54) is 41.5 Å². The van der Waals surface area contributed by atoms with Crippen LogP contribution in [0.15, 0.2) is 33.7 Å². The summed E-state index contributed by atoms with van der Waals surface area (Å²) in [5, 5.41) is 4.03. The molecule has 1 aromatic heterocycles. The molecule has 2 aromatic rings. The molecule has 0 N–H and O–H groups in total. The van der Waals surface area contributed by atoms with Crippen molar-refractivity contribution in [3.05, 3.63) is 50.3 Å². The molecular formula is C20H24BrN3O2. The highest BCUT2D eigenvalue weighted by Crippen LogP contribution is 2.30. The maximum absolute atomic E-state index is 12.0. The average Bonchev–Trinajstić information content (AvgIpc) is 3.10. The van der Waals surface area contributed by atoms with Crippen molar-refractivity contribution in [3.63, 3.8) is 0 Å². The summed E-state index contributed by atoms with van der Waals surface area (Å²) in [6.07, 6.45) is 9.20. The predicted molar refractivity (Wildman–Crippen MR) is 105 cm³/mol. The minimum atomic E-state index is -0.204. The number of aryl methyl sites for hydroxylation is 1. The van der Waals surface area contributed by atoms with Crippen LogP contribution in [0.4, 0.5) is 0 Å². The molecule has 0 radical (unpaired) electrons. The van der Waals surface area contributed by atoms with Crippen LogP contribution in [0.1, 0.15) is 36.8 Å². The smallest absolute Gasteiger partial charge is 0.284 e. The summed E-state index contributed by atoms with van der Waals surface area (Å²) in [4.78, 5) is 14.7. The minimum absolute atomic E-state index is 0.204. The van der Waals surface area contributed by atoms with Crippen molar-refractivity contribution in [3.8, 4) is 11.5 Å². The molecule has 0 atom stereocenters. The molecule has 2 heterocycles. The quantitative estimate of drug-likeness (QED) is 0.763. The lowest BCUT2D eigenvalue weighted by molar-refractivity contribution is 0.208. The summed E-state index contributed by atoms with van der Waals surface area (Å²) in [7, 11) is 1.62. The van der Waals surface area contributed by atoms with Gasteiger partial charge in [0.1, 0.15) is 10.2 Å². The Morgan fingerprint density at radius 1 is 1.15 bits per heavy atom. The molecule has 2 aliphatic rings. The monoisotopic (exact) mass is 417 g/mol. The van der Waals surface area contributed by atoms with Crippen LogP contribution >= 0.6 is 15.9 Å². The molecule has 1 fully saturated rings. The Morgan fingerprint density at radius 2 is 1.88 bits per heavy atom. The fourth-order valence-corrected chi connectivity index (χ4v) is 4.55. The number of nitrogens with zero attached hydrogens (tertiary/aromatic N) is 3. The molecule has 1 aliphatic carbocycles. The van der Waals surface area contributed by atoms with Gasteiger partial charge < -0.3 is 4.74 Å². The zero-order chi connectivity index (χ0) is 18.1. The lowest BCUT2D eigenvalue weighted by atomic mass is 10.0. The Balaban J connectivity index is 1.52. The molecule has 0 bridgehead atoms. The molecule has 6 heteroatoms. The number of fused-ring (bicyclic) bond motifs is 1. The van der Waals surface area contributed by atoms with E-state index in [1.807, 2.05) is 6.07 Å². The molecule has 0 spiro atoms. The Hall–Kier alpha value is -1.66. The van der Waals surface area contributed by atoms with Crippen LogP contribution in [0.5, 0.6) is 11.5 Å². The fourth-order valence-electron chi connectivity index (χ4n) is 4.11. The van der Waals surface area contributed by atoms with Crippen molar-refractivity contribution in [1.29, 1.82) is 0 Å². The van der Waals surface area contributed by atoms with Crippen LogP contribution in [-0.2, 0) is 19.9 Å². The summed E-state index contributed by atoms with van der Waals surface area (Å²) in [6.45, 7) is 2.28. The molecule has 1 aliphatic heterocycles. The number of hydrogen-bond acceptors (Lipinski definition) is 4. The molecule has 1 aromatic carbocycles. The zero-order valence-electron chi connectivity index (χ0n) is 15.1. The van der Waals surface area contributed by atoms with E-state index in [0.29, 0.717) is 10.2 Å². The van der Waals surface area contributed by atoms with Crippen molar-refractivity contribution >= 4 is 15.9 Å². The number of ether oxygens (including phenoxy) is 1. The van der Waals surface area contributed by atoms with Crippen molar-refractivity contribution in [2.24, 2.45) is 7.05 Å². The number of aromatic nitrogens is 2. The van der Waals surface area contributed by atoms with Crippen LogP contribution in [-0.4, -0.2) is 33.8 Å². The van der Waals surface area contributed by atoms with Gasteiger partial charge in [0, 0.05) is 26.2 Å². The van der Waals surface area contributed by atoms with E-state index in [2.05, 4.69) is 38.1 Å². The average molecular weight is 418 g/mol. The van der Waals surface area contributed by atoms with Gasteiger partial charge in [-0.2, -0.15) is 5.10 Å². The third kappa shape index (κ3) is 3.58. The van der Waals surface area contributed by atoms with E-state index in [1.54, 1.807) is 13.2 Å². The molecular weight excluding hydrogens is 394 g/mol. The van der Waals surface area contributed by atoms with Gasteiger partial charge in [-0.15, -0.1) is 0 Å². The second-order valence-electron chi connectivity index (χ2n) is 7.26. The topological polar surface area (TPSA) is 47.4 Å². The Labute approximate surface area is 162 Å². The van der Waals surface area contributed by atoms with Gasteiger partial charge in [0.2, 0.25) is 0 Å². The first-order chi connectivity index (χ1) is 12.6. The highest BCUT2D eigenvalue weighted by molar-refractivity contribution is 9.10. The summed E-state index contributed by atoms with van der Waals surface area (Å²) >= 11 is 3.32. The van der Waals surface area contributed by atoms with Gasteiger partial charge in [-0.3, -0.25) is 9.69 Å². The highest BCUT2D eigenvalue weighted by Gasteiger charge is 2.24. The molecule has 4 rings (SSSR count). The van der Waals surface area contributed by atoms with Crippen LogP contribution in [0.2, 0.25) is 0 Å². The Morgan fingerprint density at radius 3 is 2.65 bits per heavy atom. The normalized spacial score (nSPS) is 18.5. The number of halogens is 1. The summed E-state index contributed by atoms with van der Waals surface area (Å²) < 4.78 is 7.63. The lowest BCUT2D eigenvalue weighted by Gasteiger charge is -2.26. The van der Waals surface area contributed by atoms with Crippen LogP contribution in [0, 0.1) is 0 Å². The zero-order valence-corrected chi connectivity index (χ0v) is 16.7. The van der Waals surface area contributed by atoms with Crippen molar-refractivity contribution in [2.45, 2.75) is 44.6 Å². The summed E-state index contributed by atoms with van der Waals surface area (Å²) in [5.41, 5.74) is 2.57. The standard InChI is InChI=1S/C20H24BrN3O2/c1-23-20(25)19(21)18(13-22-23)26-17-7-6-14-8-10-24(11-9-15(14)12-17)16-4-2-3-5-16/h6-7,12-13,16H,2-5,8-11H2,1H3. The number of hydrogen-bond donors (Lipinski definition) is 0. The second-order valence-corrected chi connectivity index (χ2v) is 8.05. The van der Waals surface area contributed by atoms with Crippen molar-refractivity contribution in [2.75, 3.05) is 13.1 Å². The first kappa shape index (κ1) is 17.7. The largest absolute Gasteiger partial charge is 0.454 e. The Bertz CT molecular complexity index is 859. The maximum atomic E-state index is 12.0.